The van der Waals surface area contributed by atoms with Crippen LogP contribution in [0.25, 0.3) is 0 Å². The third-order valence-corrected chi connectivity index (χ3v) is 5.04. The molecule has 1 aromatic carbocycles. The maximum Gasteiger partial charge on any atom is 0.436 e. The van der Waals surface area contributed by atoms with Crippen LogP contribution in [0.15, 0.2) is 36.7 Å². The highest BCUT2D eigenvalue weighted by atomic mass is 35.5. The van der Waals surface area contributed by atoms with Crippen LogP contribution in [-0.2, 0) is 24.1 Å². The Morgan fingerprint density at radius 3 is 2.67 bits per heavy atom. The van der Waals surface area contributed by atoms with Crippen molar-refractivity contribution in [2.24, 2.45) is 0 Å². The quantitative estimate of drug-likeness (QED) is 0.575. The van der Waals surface area contributed by atoms with Crippen LogP contribution in [0.1, 0.15) is 35.7 Å². The fraction of sp³-hybridized carbons (Fsp3) is 0.316. The Labute approximate surface area is 173 Å². The topological polar surface area (TPSA) is 64.7 Å². The van der Waals surface area contributed by atoms with Crippen LogP contribution in [0, 0.1) is 5.82 Å². The van der Waals surface area contributed by atoms with Crippen LogP contribution in [0.4, 0.5) is 23.2 Å². The van der Waals surface area contributed by atoms with Gasteiger partial charge in [0, 0.05) is 17.7 Å². The van der Waals surface area contributed by atoms with E-state index in [4.69, 9.17) is 11.6 Å². The Morgan fingerprint density at radius 1 is 1.27 bits per heavy atom. The smallest absolute Gasteiger partial charge is 0.322 e. The van der Waals surface area contributed by atoms with Gasteiger partial charge in [-0.05, 0) is 18.9 Å². The van der Waals surface area contributed by atoms with E-state index < -0.39 is 29.3 Å². The number of amides is 1. The van der Waals surface area contributed by atoms with Gasteiger partial charge in [0.15, 0.2) is 5.69 Å². The summed E-state index contributed by atoms with van der Waals surface area (Å²) in [6.45, 7) is -0.252. The number of rotatable bonds is 6. The molecule has 11 heteroatoms. The number of halogens is 5. The molecule has 1 aliphatic rings. The molecule has 0 aliphatic heterocycles. The second-order valence-corrected chi connectivity index (χ2v) is 7.42. The van der Waals surface area contributed by atoms with Gasteiger partial charge in [-0.2, -0.15) is 23.4 Å². The molecule has 2 aromatic heterocycles. The van der Waals surface area contributed by atoms with Crippen molar-refractivity contribution >= 4 is 23.2 Å². The number of carbonyl (C=O) groups excluding carboxylic acids is 1. The molecule has 1 amide bonds. The number of anilines is 1. The van der Waals surface area contributed by atoms with Crippen LogP contribution < -0.4 is 5.32 Å². The molecule has 1 fully saturated rings. The summed E-state index contributed by atoms with van der Waals surface area (Å²) in [6, 6.07) is 6.24. The first-order valence-corrected chi connectivity index (χ1v) is 9.49. The average Bonchev–Trinajstić information content (AvgIpc) is 3.31. The van der Waals surface area contributed by atoms with Gasteiger partial charge in [0.25, 0.3) is 0 Å². The first-order chi connectivity index (χ1) is 14.2. The van der Waals surface area contributed by atoms with E-state index in [1.165, 1.54) is 23.1 Å². The molecule has 0 radical (unpaired) electrons. The largest absolute Gasteiger partial charge is 0.436 e. The first-order valence-electron chi connectivity index (χ1n) is 9.11. The summed E-state index contributed by atoms with van der Waals surface area (Å²) in [4.78, 5) is 12.4. The maximum atomic E-state index is 13.7. The van der Waals surface area contributed by atoms with Crippen molar-refractivity contribution < 1.29 is 22.4 Å². The summed E-state index contributed by atoms with van der Waals surface area (Å²) in [5, 5.41) is 9.71. The second kappa shape index (κ2) is 7.75. The summed E-state index contributed by atoms with van der Waals surface area (Å²) >= 11 is 5.91. The van der Waals surface area contributed by atoms with Gasteiger partial charge in [0.05, 0.1) is 29.1 Å². The molecule has 6 nitrogen and oxygen atoms in total. The number of alkyl halides is 3. The van der Waals surface area contributed by atoms with E-state index in [0.717, 1.165) is 4.68 Å². The van der Waals surface area contributed by atoms with Crippen LogP contribution >= 0.6 is 11.6 Å². The van der Waals surface area contributed by atoms with E-state index in [-0.39, 0.29) is 24.0 Å². The maximum absolute atomic E-state index is 13.7. The Hall–Kier alpha value is -2.88. The van der Waals surface area contributed by atoms with Crippen molar-refractivity contribution in [3.63, 3.8) is 0 Å². The number of nitrogens with zero attached hydrogens (tertiary/aromatic N) is 4. The third-order valence-electron chi connectivity index (χ3n) is 4.66. The van der Waals surface area contributed by atoms with E-state index in [2.05, 4.69) is 15.5 Å². The van der Waals surface area contributed by atoms with Crippen molar-refractivity contribution in [3.05, 3.63) is 64.5 Å². The minimum atomic E-state index is -4.70. The van der Waals surface area contributed by atoms with Crippen molar-refractivity contribution in [1.82, 2.24) is 19.6 Å². The zero-order valence-electron chi connectivity index (χ0n) is 15.5. The molecule has 0 spiro atoms. The van der Waals surface area contributed by atoms with Crippen LogP contribution in [0.5, 0.6) is 0 Å². The van der Waals surface area contributed by atoms with Crippen LogP contribution in [-0.4, -0.2) is 25.5 Å². The lowest BCUT2D eigenvalue weighted by Gasteiger charge is -2.07. The summed E-state index contributed by atoms with van der Waals surface area (Å²) in [5.74, 6) is -1.07. The Balaban J connectivity index is 1.46. The number of aromatic nitrogens is 4. The molecular weight excluding hydrogens is 426 g/mol. The van der Waals surface area contributed by atoms with Gasteiger partial charge in [-0.1, -0.05) is 29.8 Å². The number of hydrogen-bond acceptors (Lipinski definition) is 3. The van der Waals surface area contributed by atoms with Crippen molar-refractivity contribution in [2.45, 2.75) is 38.0 Å². The molecule has 0 saturated heterocycles. The Morgan fingerprint density at radius 2 is 2.00 bits per heavy atom. The predicted octanol–water partition coefficient (Wildman–Crippen LogP) is 4.46. The molecule has 158 valence electrons. The molecule has 1 saturated carbocycles. The first kappa shape index (κ1) is 20.4. The van der Waals surface area contributed by atoms with E-state index in [9.17, 15) is 22.4 Å². The summed E-state index contributed by atoms with van der Waals surface area (Å²) in [7, 11) is 0. The average molecular weight is 442 g/mol. The lowest BCUT2D eigenvalue weighted by Crippen LogP contribution is -2.21. The van der Waals surface area contributed by atoms with Gasteiger partial charge < -0.3 is 5.32 Å². The lowest BCUT2D eigenvalue weighted by atomic mass is 10.2. The summed E-state index contributed by atoms with van der Waals surface area (Å²) in [6.07, 6.45) is -0.419. The third kappa shape index (κ3) is 4.33. The van der Waals surface area contributed by atoms with Crippen LogP contribution in [0.2, 0.25) is 5.02 Å². The van der Waals surface area contributed by atoms with E-state index in [1.54, 1.807) is 18.2 Å². The molecule has 0 atom stereocenters. The van der Waals surface area contributed by atoms with Gasteiger partial charge in [-0.25, -0.2) is 4.39 Å². The molecule has 4 rings (SSSR count). The van der Waals surface area contributed by atoms with Gasteiger partial charge >= 0.3 is 6.18 Å². The molecule has 0 unspecified atom stereocenters. The number of hydrogen-bond donors (Lipinski definition) is 1. The standard InChI is InChI=1S/C19H16ClF4N5O/c20-16-17(11-5-6-11)29(27-18(16)19(22,23)24)10-15(30)26-13-7-25-28(9-13)8-12-3-1-2-4-14(12)21/h1-4,7,9,11H,5-6,8,10H2,(H,26,30). The summed E-state index contributed by atoms with van der Waals surface area (Å²) in [5.41, 5.74) is -0.192. The predicted molar refractivity (Wildman–Crippen MR) is 101 cm³/mol. The SMILES string of the molecule is O=C(Cn1nc(C(F)(F)F)c(Cl)c1C1CC1)Nc1cnn(Cc2ccccc2F)c1. The normalized spacial score (nSPS) is 14.2. The number of nitrogens with one attached hydrogen (secondary N) is 1. The van der Waals surface area contributed by atoms with Gasteiger partial charge in [0.1, 0.15) is 12.4 Å². The minimum absolute atomic E-state index is 0.127. The van der Waals surface area contributed by atoms with Gasteiger partial charge in [-0.15, -0.1) is 0 Å². The molecule has 2 heterocycles. The fourth-order valence-corrected chi connectivity index (χ4v) is 3.55. The molecule has 30 heavy (non-hydrogen) atoms. The van der Waals surface area contributed by atoms with E-state index in [0.29, 0.717) is 24.1 Å². The Bertz CT molecular complexity index is 1090. The molecule has 1 aliphatic carbocycles. The number of carbonyl (C=O) groups is 1. The van der Waals surface area contributed by atoms with Gasteiger partial charge in [0.2, 0.25) is 5.91 Å². The molecule has 0 bridgehead atoms. The zero-order valence-corrected chi connectivity index (χ0v) is 16.2. The second-order valence-electron chi connectivity index (χ2n) is 7.04. The van der Waals surface area contributed by atoms with E-state index >= 15 is 0 Å². The summed E-state index contributed by atoms with van der Waals surface area (Å²) < 4.78 is 55.6. The highest BCUT2D eigenvalue weighted by molar-refractivity contribution is 6.32. The fourth-order valence-electron chi connectivity index (χ4n) is 3.15. The van der Waals surface area contributed by atoms with Crippen molar-refractivity contribution in [1.29, 1.82) is 0 Å². The van der Waals surface area contributed by atoms with Crippen molar-refractivity contribution in [3.8, 4) is 0 Å². The minimum Gasteiger partial charge on any atom is -0.322 e. The number of benzene rings is 1. The van der Waals surface area contributed by atoms with Gasteiger partial charge in [-0.3, -0.25) is 14.2 Å². The lowest BCUT2D eigenvalue weighted by molar-refractivity contribution is -0.141. The highest BCUT2D eigenvalue weighted by Crippen LogP contribution is 2.46. The monoisotopic (exact) mass is 441 g/mol. The van der Waals surface area contributed by atoms with E-state index in [1.807, 2.05) is 0 Å². The van der Waals surface area contributed by atoms with Crippen LogP contribution in [0.3, 0.4) is 0 Å². The molecule has 1 N–H and O–H groups in total. The van der Waals surface area contributed by atoms with Crippen molar-refractivity contribution in [2.75, 3.05) is 5.32 Å². The zero-order chi connectivity index (χ0) is 21.5. The molecule has 3 aromatic rings. The highest BCUT2D eigenvalue weighted by Gasteiger charge is 2.42. The molecular formula is C19H16ClF4N5O. The Kier molecular flexibility index (Phi) is 5.27.